The van der Waals surface area contributed by atoms with Crippen molar-refractivity contribution in [3.05, 3.63) is 88.2 Å². The van der Waals surface area contributed by atoms with Crippen molar-refractivity contribution in [2.45, 2.75) is 61.7 Å². The fourth-order valence-corrected chi connectivity index (χ4v) is 7.33. The van der Waals surface area contributed by atoms with Crippen LogP contribution >= 0.6 is 34.9 Å². The van der Waals surface area contributed by atoms with Crippen LogP contribution in [0.4, 0.5) is 5.13 Å². The molecule has 0 aliphatic rings. The Morgan fingerprint density at radius 1 is 0.951 bits per heavy atom. The normalized spacial score (nSPS) is 11.8. The van der Waals surface area contributed by atoms with E-state index >= 15 is 0 Å². The van der Waals surface area contributed by atoms with Crippen molar-refractivity contribution >= 4 is 56.7 Å². The Balaban J connectivity index is 1.14. The number of hydrogen-bond donors (Lipinski definition) is 1. The molecular weight excluding hydrogens is 569 g/mol. The molecule has 0 aliphatic carbocycles. The van der Waals surface area contributed by atoms with Crippen LogP contribution in [-0.2, 0) is 29.4 Å². The molecule has 2 aromatic heterocycles. The standard InChI is InChI=1S/C31H34N6OS3/c1-19-14-23(31(3,4)5)15-20(2)25(19)17-40-30-36-34-28(41-30)32-27(38)18-39-29-35-33-26(37(29)6)16-22-12-9-11-21-10-7-8-13-24(21)22/h7-15H,16-18H2,1-6H3,(H,32,34,38). The predicted molar refractivity (Wildman–Crippen MR) is 171 cm³/mol. The fraction of sp³-hybridized carbons (Fsp3) is 0.323. The first-order chi connectivity index (χ1) is 19.6. The molecule has 0 radical (unpaired) electrons. The highest BCUT2D eigenvalue weighted by Crippen LogP contribution is 2.33. The molecule has 212 valence electrons. The van der Waals surface area contributed by atoms with Crippen molar-refractivity contribution in [3.8, 4) is 0 Å². The second kappa shape index (κ2) is 12.3. The van der Waals surface area contributed by atoms with E-state index in [0.717, 1.165) is 15.9 Å². The maximum absolute atomic E-state index is 12.7. The monoisotopic (exact) mass is 602 g/mol. The van der Waals surface area contributed by atoms with Gasteiger partial charge in [0, 0.05) is 19.2 Å². The first-order valence-corrected chi connectivity index (χ1v) is 16.2. The molecule has 5 rings (SSSR count). The molecule has 5 aromatic rings. The number of amides is 1. The molecule has 0 saturated heterocycles. The van der Waals surface area contributed by atoms with Gasteiger partial charge in [0.2, 0.25) is 11.0 Å². The molecule has 10 heteroatoms. The molecule has 3 aromatic carbocycles. The van der Waals surface area contributed by atoms with Crippen molar-refractivity contribution in [1.29, 1.82) is 0 Å². The van der Waals surface area contributed by atoms with Gasteiger partial charge in [0.05, 0.1) is 5.75 Å². The van der Waals surface area contributed by atoms with Crippen molar-refractivity contribution < 1.29 is 4.79 Å². The zero-order chi connectivity index (χ0) is 29.1. The summed E-state index contributed by atoms with van der Waals surface area (Å²) in [4.78, 5) is 12.7. The number of anilines is 1. The Morgan fingerprint density at radius 2 is 1.68 bits per heavy atom. The van der Waals surface area contributed by atoms with Gasteiger partial charge in [-0.3, -0.25) is 10.1 Å². The number of nitrogens with zero attached hydrogens (tertiary/aromatic N) is 5. The summed E-state index contributed by atoms with van der Waals surface area (Å²) in [6, 6.07) is 19.2. The quantitative estimate of drug-likeness (QED) is 0.139. The Labute approximate surface area is 253 Å². The van der Waals surface area contributed by atoms with E-state index in [9.17, 15) is 4.79 Å². The number of nitrogens with one attached hydrogen (secondary N) is 1. The predicted octanol–water partition coefficient (Wildman–Crippen LogP) is 7.35. The van der Waals surface area contributed by atoms with Gasteiger partial charge in [-0.05, 0) is 57.9 Å². The van der Waals surface area contributed by atoms with Gasteiger partial charge in [-0.25, -0.2) is 0 Å². The Bertz CT molecular complexity index is 1670. The number of rotatable bonds is 9. The molecule has 0 saturated carbocycles. The Kier molecular flexibility index (Phi) is 8.82. The Hall–Kier alpha value is -3.21. The van der Waals surface area contributed by atoms with E-state index in [0.29, 0.717) is 16.7 Å². The van der Waals surface area contributed by atoms with Crippen LogP contribution in [0.2, 0.25) is 0 Å². The summed E-state index contributed by atoms with van der Waals surface area (Å²) in [6.45, 7) is 11.1. The smallest absolute Gasteiger partial charge is 0.236 e. The molecule has 0 atom stereocenters. The molecule has 1 N–H and O–H groups in total. The summed E-state index contributed by atoms with van der Waals surface area (Å²) in [5, 5.41) is 23.7. The van der Waals surface area contributed by atoms with Gasteiger partial charge in [-0.15, -0.1) is 20.4 Å². The third-order valence-corrected chi connectivity index (χ3v) is 10.1. The molecule has 2 heterocycles. The lowest BCUT2D eigenvalue weighted by molar-refractivity contribution is -0.113. The minimum atomic E-state index is -0.147. The lowest BCUT2D eigenvalue weighted by Gasteiger charge is -2.22. The van der Waals surface area contributed by atoms with Crippen molar-refractivity contribution in [3.63, 3.8) is 0 Å². The van der Waals surface area contributed by atoms with Gasteiger partial charge in [0.1, 0.15) is 5.82 Å². The molecule has 41 heavy (non-hydrogen) atoms. The van der Waals surface area contributed by atoms with E-state index < -0.39 is 0 Å². The highest BCUT2D eigenvalue weighted by Gasteiger charge is 2.18. The summed E-state index contributed by atoms with van der Waals surface area (Å²) in [5.74, 6) is 1.73. The maximum atomic E-state index is 12.7. The largest absolute Gasteiger partial charge is 0.309 e. The maximum Gasteiger partial charge on any atom is 0.236 e. The zero-order valence-electron chi connectivity index (χ0n) is 24.2. The van der Waals surface area contributed by atoms with Crippen LogP contribution in [0.1, 0.15) is 54.4 Å². The molecule has 0 spiro atoms. The molecular formula is C31H34N6OS3. The van der Waals surface area contributed by atoms with Crippen molar-refractivity contribution in [2.75, 3.05) is 11.1 Å². The van der Waals surface area contributed by atoms with E-state index in [1.54, 1.807) is 11.8 Å². The summed E-state index contributed by atoms with van der Waals surface area (Å²) in [6.07, 6.45) is 0.669. The van der Waals surface area contributed by atoms with Crippen molar-refractivity contribution in [1.82, 2.24) is 25.0 Å². The van der Waals surface area contributed by atoms with Crippen LogP contribution in [-0.4, -0.2) is 36.6 Å². The lowest BCUT2D eigenvalue weighted by atomic mass is 9.84. The zero-order valence-corrected chi connectivity index (χ0v) is 26.6. The highest BCUT2D eigenvalue weighted by atomic mass is 32.2. The number of carbonyl (C=O) groups is 1. The van der Waals surface area contributed by atoms with Gasteiger partial charge in [0.15, 0.2) is 9.50 Å². The van der Waals surface area contributed by atoms with Gasteiger partial charge in [-0.2, -0.15) is 0 Å². The number of thioether (sulfide) groups is 2. The molecule has 7 nitrogen and oxygen atoms in total. The first kappa shape index (κ1) is 29.3. The number of carbonyl (C=O) groups excluding carboxylic acids is 1. The lowest BCUT2D eigenvalue weighted by Crippen LogP contribution is -2.14. The number of aromatic nitrogens is 5. The molecule has 0 fully saturated rings. The summed E-state index contributed by atoms with van der Waals surface area (Å²) in [5.41, 5.74) is 6.58. The van der Waals surface area contributed by atoms with Crippen LogP contribution < -0.4 is 5.32 Å². The van der Waals surface area contributed by atoms with E-state index in [-0.39, 0.29) is 17.1 Å². The number of aryl methyl sites for hydroxylation is 2. The van der Waals surface area contributed by atoms with E-state index in [2.05, 4.69) is 109 Å². The second-order valence-electron chi connectivity index (χ2n) is 11.1. The number of fused-ring (bicyclic) bond motifs is 1. The van der Waals surface area contributed by atoms with Crippen LogP contribution in [0.15, 0.2) is 64.1 Å². The fourth-order valence-electron chi connectivity index (χ4n) is 4.63. The van der Waals surface area contributed by atoms with Crippen LogP contribution in [0.5, 0.6) is 0 Å². The third kappa shape index (κ3) is 6.99. The van der Waals surface area contributed by atoms with Gasteiger partial charge >= 0.3 is 0 Å². The molecule has 0 aliphatic heterocycles. The number of hydrogen-bond acceptors (Lipinski definition) is 8. The topological polar surface area (TPSA) is 85.6 Å². The summed E-state index contributed by atoms with van der Waals surface area (Å²) < 4.78 is 2.79. The van der Waals surface area contributed by atoms with Crippen molar-refractivity contribution in [2.24, 2.45) is 7.05 Å². The van der Waals surface area contributed by atoms with E-state index in [4.69, 9.17) is 0 Å². The minimum absolute atomic E-state index is 0.123. The van der Waals surface area contributed by atoms with E-state index in [1.165, 1.54) is 61.7 Å². The third-order valence-electron chi connectivity index (χ3n) is 7.04. The molecule has 0 unspecified atom stereocenters. The van der Waals surface area contributed by atoms with Gasteiger partial charge in [-0.1, -0.05) is 110 Å². The summed E-state index contributed by atoms with van der Waals surface area (Å²) in [7, 11) is 1.94. The molecule has 0 bridgehead atoms. The van der Waals surface area contributed by atoms with Gasteiger partial charge < -0.3 is 4.57 Å². The van der Waals surface area contributed by atoms with Gasteiger partial charge in [0.25, 0.3) is 0 Å². The van der Waals surface area contributed by atoms with Crippen LogP contribution in [0, 0.1) is 13.8 Å². The van der Waals surface area contributed by atoms with Crippen LogP contribution in [0.3, 0.4) is 0 Å². The Morgan fingerprint density at radius 3 is 2.44 bits per heavy atom. The van der Waals surface area contributed by atoms with Crippen LogP contribution in [0.25, 0.3) is 10.8 Å². The SMILES string of the molecule is Cc1cc(C(C)(C)C)cc(C)c1CSc1nnc(NC(=O)CSc2nnc(Cc3cccc4ccccc34)n2C)s1. The summed E-state index contributed by atoms with van der Waals surface area (Å²) >= 11 is 4.40. The second-order valence-corrected chi connectivity index (χ2v) is 14.3. The highest BCUT2D eigenvalue weighted by molar-refractivity contribution is 8.00. The number of benzene rings is 3. The average Bonchev–Trinajstić information content (AvgIpc) is 3.52. The first-order valence-electron chi connectivity index (χ1n) is 13.4. The minimum Gasteiger partial charge on any atom is -0.309 e. The average molecular weight is 603 g/mol. The molecule has 1 amide bonds. The van der Waals surface area contributed by atoms with E-state index in [1.807, 2.05) is 17.7 Å².